The highest BCUT2D eigenvalue weighted by Gasteiger charge is 2.33. The van der Waals surface area contributed by atoms with Crippen LogP contribution in [0.25, 0.3) is 0 Å². The van der Waals surface area contributed by atoms with Gasteiger partial charge in [-0.15, -0.1) is 0 Å². The fourth-order valence-corrected chi connectivity index (χ4v) is 5.40. The summed E-state index contributed by atoms with van der Waals surface area (Å²) in [4.78, 5) is 4.12. The summed E-state index contributed by atoms with van der Waals surface area (Å²) in [6.07, 6.45) is 1.61. The number of aromatic nitrogens is 2. The molecule has 0 aliphatic carbocycles. The van der Waals surface area contributed by atoms with Crippen molar-refractivity contribution < 1.29 is 25.8 Å². The molecule has 9 nitrogen and oxygen atoms in total. The van der Waals surface area contributed by atoms with Gasteiger partial charge in [-0.05, 0) is 31.9 Å². The number of sulfonamides is 1. The predicted molar refractivity (Wildman–Crippen MR) is 96.1 cm³/mol. The second-order valence-corrected chi connectivity index (χ2v) is 11.1. The molecule has 1 atom stereocenters. The number of rotatable bonds is 7. The van der Waals surface area contributed by atoms with E-state index in [9.17, 15) is 16.8 Å². The third-order valence-electron chi connectivity index (χ3n) is 4.50. The van der Waals surface area contributed by atoms with Crippen LogP contribution in [0.2, 0.25) is 0 Å². The summed E-state index contributed by atoms with van der Waals surface area (Å²) in [6, 6.07) is 2.67. The van der Waals surface area contributed by atoms with Crippen molar-refractivity contribution in [1.29, 1.82) is 0 Å². The number of furan rings is 1. The second-order valence-electron chi connectivity index (χ2n) is 6.93. The molecule has 2 aromatic heterocycles. The van der Waals surface area contributed by atoms with Gasteiger partial charge in [0.1, 0.15) is 16.8 Å². The summed E-state index contributed by atoms with van der Waals surface area (Å²) < 4.78 is 62.0. The summed E-state index contributed by atoms with van der Waals surface area (Å²) in [5.74, 6) is 0.0616. The van der Waals surface area contributed by atoms with Crippen LogP contribution in [0.5, 0.6) is 0 Å². The first-order valence-corrected chi connectivity index (χ1v) is 11.9. The molecule has 27 heavy (non-hydrogen) atoms. The summed E-state index contributed by atoms with van der Waals surface area (Å²) in [6.45, 7) is 6.10. The average molecular weight is 418 g/mol. The van der Waals surface area contributed by atoms with Gasteiger partial charge in [-0.3, -0.25) is 0 Å². The second kappa shape index (κ2) is 7.36. The maximum absolute atomic E-state index is 12.6. The van der Waals surface area contributed by atoms with Crippen LogP contribution in [0.1, 0.15) is 62.3 Å². The van der Waals surface area contributed by atoms with Crippen LogP contribution in [-0.4, -0.2) is 44.4 Å². The van der Waals surface area contributed by atoms with Gasteiger partial charge in [0.05, 0.1) is 0 Å². The van der Waals surface area contributed by atoms with Gasteiger partial charge < -0.3 is 8.94 Å². The van der Waals surface area contributed by atoms with E-state index < -0.39 is 30.9 Å². The fraction of sp³-hybridized carbons (Fsp3) is 0.625. The van der Waals surface area contributed by atoms with E-state index in [4.69, 9.17) is 8.94 Å². The maximum Gasteiger partial charge on any atom is 0.276 e. The summed E-state index contributed by atoms with van der Waals surface area (Å²) in [7, 11) is -7.45. The minimum atomic E-state index is -3.73. The highest BCUT2D eigenvalue weighted by atomic mass is 32.2. The molecule has 0 unspecified atom stereocenters. The lowest BCUT2D eigenvalue weighted by atomic mass is 10.2. The molecule has 1 fully saturated rings. The molecule has 0 spiro atoms. The Labute approximate surface area is 158 Å². The largest absolute Gasteiger partial charge is 0.447 e. The zero-order valence-electron chi connectivity index (χ0n) is 15.5. The molecule has 1 aliphatic heterocycles. The van der Waals surface area contributed by atoms with Crippen LogP contribution in [0.4, 0.5) is 0 Å². The van der Waals surface area contributed by atoms with E-state index in [1.165, 1.54) is 23.4 Å². The van der Waals surface area contributed by atoms with Crippen molar-refractivity contribution in [2.45, 2.75) is 55.6 Å². The molecule has 0 aromatic carbocycles. The summed E-state index contributed by atoms with van der Waals surface area (Å²) in [5.41, 5.74) is 0. The van der Waals surface area contributed by atoms with E-state index in [1.807, 2.05) is 13.8 Å². The molecule has 0 radical (unpaired) electrons. The lowest BCUT2D eigenvalue weighted by molar-refractivity contribution is 0.368. The minimum absolute atomic E-state index is 0.00941. The van der Waals surface area contributed by atoms with Crippen LogP contribution in [0.15, 0.2) is 26.2 Å². The third-order valence-corrected chi connectivity index (χ3v) is 8.24. The molecular weight excluding hydrogens is 394 g/mol. The first-order chi connectivity index (χ1) is 12.6. The Kier molecular flexibility index (Phi) is 5.46. The van der Waals surface area contributed by atoms with Crippen LogP contribution in [0.3, 0.4) is 0 Å². The monoisotopic (exact) mass is 417 g/mol. The highest BCUT2D eigenvalue weighted by Crippen LogP contribution is 2.28. The van der Waals surface area contributed by atoms with E-state index >= 15 is 0 Å². The Hall–Kier alpha value is -1.72. The number of sulfone groups is 1. The van der Waals surface area contributed by atoms with E-state index in [1.54, 1.807) is 0 Å². The minimum Gasteiger partial charge on any atom is -0.447 e. The van der Waals surface area contributed by atoms with E-state index in [0.29, 0.717) is 18.9 Å². The van der Waals surface area contributed by atoms with Crippen molar-refractivity contribution in [3.8, 4) is 0 Å². The Balaban J connectivity index is 1.77. The predicted octanol–water partition coefficient (Wildman–Crippen LogP) is 2.25. The van der Waals surface area contributed by atoms with Gasteiger partial charge in [0.25, 0.3) is 10.0 Å². The van der Waals surface area contributed by atoms with Gasteiger partial charge in [-0.2, -0.15) is 9.29 Å². The maximum atomic E-state index is 12.6. The van der Waals surface area contributed by atoms with Gasteiger partial charge >= 0.3 is 0 Å². The van der Waals surface area contributed by atoms with Crippen LogP contribution in [0, 0.1) is 0 Å². The molecule has 0 saturated carbocycles. The number of nitrogens with zero attached hydrogens (tertiary/aromatic N) is 3. The van der Waals surface area contributed by atoms with Gasteiger partial charge in [0.2, 0.25) is 11.0 Å². The van der Waals surface area contributed by atoms with Crippen molar-refractivity contribution in [1.82, 2.24) is 14.4 Å². The van der Waals surface area contributed by atoms with Crippen molar-refractivity contribution in [3.63, 3.8) is 0 Å². The van der Waals surface area contributed by atoms with Gasteiger partial charge in [0, 0.05) is 19.0 Å². The molecule has 1 saturated heterocycles. The quantitative estimate of drug-likeness (QED) is 0.672. The topological polar surface area (TPSA) is 124 Å². The highest BCUT2D eigenvalue weighted by molar-refractivity contribution is 7.90. The molecule has 3 heterocycles. The van der Waals surface area contributed by atoms with Gasteiger partial charge in [-0.25, -0.2) is 16.8 Å². The van der Waals surface area contributed by atoms with Crippen LogP contribution < -0.4 is 0 Å². The Morgan fingerprint density at radius 3 is 2.37 bits per heavy atom. The van der Waals surface area contributed by atoms with Gasteiger partial charge in [-0.1, -0.05) is 19.0 Å². The SMILES string of the molecule is CC(C)c1noc([C@H](C)S(=O)(=O)Cc2ccc(S(=O)(=O)N3CCCC3)o2)n1. The van der Waals surface area contributed by atoms with Crippen molar-refractivity contribution in [2.75, 3.05) is 13.1 Å². The summed E-state index contributed by atoms with van der Waals surface area (Å²) >= 11 is 0. The van der Waals surface area contributed by atoms with E-state index in [2.05, 4.69) is 10.1 Å². The molecule has 0 N–H and O–H groups in total. The fourth-order valence-electron chi connectivity index (χ4n) is 2.75. The Morgan fingerprint density at radius 1 is 1.11 bits per heavy atom. The third kappa shape index (κ3) is 4.09. The molecule has 0 amide bonds. The molecule has 150 valence electrons. The van der Waals surface area contributed by atoms with Gasteiger partial charge in [0.15, 0.2) is 15.7 Å². The zero-order valence-corrected chi connectivity index (χ0v) is 17.1. The average Bonchev–Trinajstić information content (AvgIpc) is 3.34. The Morgan fingerprint density at radius 2 is 1.78 bits per heavy atom. The molecule has 2 aromatic rings. The molecule has 11 heteroatoms. The van der Waals surface area contributed by atoms with Crippen molar-refractivity contribution in [3.05, 3.63) is 29.6 Å². The smallest absolute Gasteiger partial charge is 0.276 e. The molecule has 0 bridgehead atoms. The molecule has 1 aliphatic rings. The molecule has 3 rings (SSSR count). The van der Waals surface area contributed by atoms with Crippen LogP contribution >= 0.6 is 0 Å². The lowest BCUT2D eigenvalue weighted by Crippen LogP contribution is -2.27. The first-order valence-electron chi connectivity index (χ1n) is 8.75. The Bertz CT molecular complexity index is 1000. The van der Waals surface area contributed by atoms with E-state index in [-0.39, 0.29) is 22.7 Å². The normalized spacial score (nSPS) is 17.6. The van der Waals surface area contributed by atoms with Crippen LogP contribution in [-0.2, 0) is 25.6 Å². The lowest BCUT2D eigenvalue weighted by Gasteiger charge is -2.12. The van der Waals surface area contributed by atoms with Crippen molar-refractivity contribution >= 4 is 19.9 Å². The molecular formula is C16H23N3O6S2. The van der Waals surface area contributed by atoms with E-state index in [0.717, 1.165) is 12.8 Å². The number of hydrogen-bond donors (Lipinski definition) is 0. The number of hydrogen-bond acceptors (Lipinski definition) is 8. The van der Waals surface area contributed by atoms with Crippen molar-refractivity contribution in [2.24, 2.45) is 0 Å². The standard InChI is InChI=1S/C16H23N3O6S2/c1-11(2)15-17-16(25-18-15)12(3)26(20,21)10-13-6-7-14(24-13)27(22,23)19-8-4-5-9-19/h6-7,11-12H,4-5,8-10H2,1-3H3/t12-/m0/s1. The zero-order chi connectivity index (χ0) is 19.8. The first kappa shape index (κ1) is 20.0. The summed E-state index contributed by atoms with van der Waals surface area (Å²) in [5, 5.41) is 2.52.